The van der Waals surface area contributed by atoms with Crippen LogP contribution in [0, 0.1) is 11.8 Å². The van der Waals surface area contributed by atoms with Crippen molar-refractivity contribution < 1.29 is 4.79 Å². The summed E-state index contributed by atoms with van der Waals surface area (Å²) < 4.78 is 0. The Hall–Kier alpha value is -0.570. The maximum absolute atomic E-state index is 12.7. The molecule has 0 spiro atoms. The fourth-order valence-corrected chi connectivity index (χ4v) is 5.31. The summed E-state index contributed by atoms with van der Waals surface area (Å²) in [5.41, 5.74) is 0. The largest absolute Gasteiger partial charge is 0.355 e. The van der Waals surface area contributed by atoms with Crippen molar-refractivity contribution in [2.45, 2.75) is 83.7 Å². The predicted molar refractivity (Wildman–Crippen MR) is 136 cm³/mol. The number of nitrogens with zero attached hydrogens (tertiary/aromatic N) is 3. The normalized spacial score (nSPS) is 25.1. The lowest BCUT2D eigenvalue weighted by molar-refractivity contribution is -0.134. The van der Waals surface area contributed by atoms with Crippen molar-refractivity contribution in [3.8, 4) is 0 Å². The van der Waals surface area contributed by atoms with Gasteiger partial charge in [-0.1, -0.05) is 39.5 Å². The highest BCUT2D eigenvalue weighted by atomic mass is 127. The van der Waals surface area contributed by atoms with Gasteiger partial charge in [0.1, 0.15) is 0 Å². The number of rotatable bonds is 6. The van der Waals surface area contributed by atoms with Crippen LogP contribution in [0.5, 0.6) is 0 Å². The Kier molecular flexibility index (Phi) is 11.2. The summed E-state index contributed by atoms with van der Waals surface area (Å²) in [6.07, 6.45) is 11.0. The Morgan fingerprint density at radius 2 is 1.67 bits per heavy atom. The number of likely N-dealkylation sites (tertiary alicyclic amines) is 2. The Balaban J connectivity index is 0.00000320. The maximum Gasteiger partial charge on any atom is 0.225 e. The third-order valence-electron chi connectivity index (χ3n) is 7.13. The van der Waals surface area contributed by atoms with E-state index in [2.05, 4.69) is 39.3 Å². The van der Waals surface area contributed by atoms with E-state index in [0.717, 1.165) is 44.9 Å². The highest BCUT2D eigenvalue weighted by molar-refractivity contribution is 14.0. The van der Waals surface area contributed by atoms with Crippen LogP contribution in [-0.2, 0) is 4.79 Å². The zero-order valence-electron chi connectivity index (χ0n) is 19.4. The summed E-state index contributed by atoms with van der Waals surface area (Å²) in [5, 5.41) is 7.17. The minimum Gasteiger partial charge on any atom is -0.355 e. The summed E-state index contributed by atoms with van der Waals surface area (Å²) in [6.45, 7) is 9.72. The molecule has 3 rings (SSSR count). The zero-order valence-corrected chi connectivity index (χ0v) is 21.7. The van der Waals surface area contributed by atoms with E-state index < -0.39 is 0 Å². The number of guanidine groups is 1. The van der Waals surface area contributed by atoms with Crippen LogP contribution in [0.3, 0.4) is 0 Å². The molecule has 0 radical (unpaired) electrons. The highest BCUT2D eigenvalue weighted by Gasteiger charge is 2.32. The van der Waals surface area contributed by atoms with Gasteiger partial charge in [-0.2, -0.15) is 0 Å². The van der Waals surface area contributed by atoms with Crippen molar-refractivity contribution in [2.75, 3.05) is 39.8 Å². The number of carbonyl (C=O) groups excluding carboxylic acids is 1. The number of hydrogen-bond acceptors (Lipinski definition) is 3. The molecule has 2 atom stereocenters. The van der Waals surface area contributed by atoms with Gasteiger partial charge in [0.25, 0.3) is 0 Å². The van der Waals surface area contributed by atoms with E-state index in [1.807, 2.05) is 7.05 Å². The molecule has 3 aliphatic rings. The molecule has 0 aromatic heterocycles. The van der Waals surface area contributed by atoms with Crippen LogP contribution in [-0.4, -0.2) is 73.5 Å². The molecule has 6 nitrogen and oxygen atoms in total. The monoisotopic (exact) mass is 533 g/mol. The molecule has 0 aromatic carbocycles. The Labute approximate surface area is 201 Å². The van der Waals surface area contributed by atoms with Crippen LogP contribution in [0.15, 0.2) is 4.99 Å². The molecule has 174 valence electrons. The number of hydrogen-bond donors (Lipinski definition) is 2. The van der Waals surface area contributed by atoms with Gasteiger partial charge in [-0.15, -0.1) is 24.0 Å². The molecule has 2 heterocycles. The second-order valence-corrected chi connectivity index (χ2v) is 9.61. The lowest BCUT2D eigenvalue weighted by Crippen LogP contribution is -2.51. The van der Waals surface area contributed by atoms with Crippen molar-refractivity contribution in [3.63, 3.8) is 0 Å². The lowest BCUT2D eigenvalue weighted by Gasteiger charge is -2.34. The second kappa shape index (κ2) is 13.1. The molecule has 3 fully saturated rings. The minimum absolute atomic E-state index is 0. The quantitative estimate of drug-likeness (QED) is 0.312. The highest BCUT2D eigenvalue weighted by Crippen LogP contribution is 2.27. The second-order valence-electron chi connectivity index (χ2n) is 9.61. The van der Waals surface area contributed by atoms with Crippen LogP contribution in [0.25, 0.3) is 0 Å². The summed E-state index contributed by atoms with van der Waals surface area (Å²) in [6, 6.07) is 0.845. The lowest BCUT2D eigenvalue weighted by atomic mass is 10.0. The Morgan fingerprint density at radius 3 is 2.27 bits per heavy atom. The molecule has 30 heavy (non-hydrogen) atoms. The number of nitrogens with one attached hydrogen (secondary N) is 2. The van der Waals surface area contributed by atoms with Gasteiger partial charge in [-0.3, -0.25) is 14.7 Å². The fraction of sp³-hybridized carbons (Fsp3) is 0.913. The molecular weight excluding hydrogens is 489 g/mol. The van der Waals surface area contributed by atoms with Gasteiger partial charge < -0.3 is 15.5 Å². The predicted octanol–water partition coefficient (Wildman–Crippen LogP) is 3.46. The molecular formula is C23H44IN5O. The third kappa shape index (κ3) is 7.24. The molecule has 0 aromatic rings. The molecule has 2 unspecified atom stereocenters. The molecule has 1 aliphatic carbocycles. The van der Waals surface area contributed by atoms with E-state index in [9.17, 15) is 4.79 Å². The first-order valence-electron chi connectivity index (χ1n) is 12.1. The van der Waals surface area contributed by atoms with Crippen molar-refractivity contribution in [1.82, 2.24) is 20.4 Å². The first-order valence-corrected chi connectivity index (χ1v) is 12.1. The smallest absolute Gasteiger partial charge is 0.225 e. The fourth-order valence-electron chi connectivity index (χ4n) is 5.31. The van der Waals surface area contributed by atoms with Crippen molar-refractivity contribution in [2.24, 2.45) is 16.8 Å². The Bertz CT molecular complexity index is 542. The van der Waals surface area contributed by atoms with Gasteiger partial charge in [0.15, 0.2) is 5.96 Å². The van der Waals surface area contributed by atoms with Gasteiger partial charge in [-0.25, -0.2) is 0 Å². The van der Waals surface area contributed by atoms with Crippen molar-refractivity contribution in [3.05, 3.63) is 0 Å². The molecule has 2 aliphatic heterocycles. The average molecular weight is 534 g/mol. The van der Waals surface area contributed by atoms with E-state index in [0.29, 0.717) is 23.9 Å². The summed E-state index contributed by atoms with van der Waals surface area (Å²) >= 11 is 0. The van der Waals surface area contributed by atoms with E-state index >= 15 is 0 Å². The topological polar surface area (TPSA) is 60.0 Å². The number of amides is 1. The summed E-state index contributed by atoms with van der Waals surface area (Å²) in [4.78, 5) is 21.9. The first-order chi connectivity index (χ1) is 14.1. The molecule has 0 bridgehead atoms. The molecule has 1 saturated carbocycles. The van der Waals surface area contributed by atoms with E-state index in [4.69, 9.17) is 0 Å². The van der Waals surface area contributed by atoms with E-state index in [1.165, 1.54) is 51.6 Å². The van der Waals surface area contributed by atoms with Gasteiger partial charge in [0, 0.05) is 44.7 Å². The average Bonchev–Trinajstić information content (AvgIpc) is 3.34. The van der Waals surface area contributed by atoms with Crippen molar-refractivity contribution in [1.29, 1.82) is 0 Å². The molecule has 2 N–H and O–H groups in total. The van der Waals surface area contributed by atoms with Crippen LogP contribution < -0.4 is 10.6 Å². The zero-order chi connectivity index (χ0) is 20.6. The number of halogens is 1. The molecule has 1 amide bonds. The van der Waals surface area contributed by atoms with Crippen LogP contribution in [0.2, 0.25) is 0 Å². The standard InChI is InChI=1S/C23H43N5O.HI/c1-18(2)21(27-13-8-4-5-9-14-27)16-25-23(24-3)26-20-12-15-28(17-20)22(29)19-10-6-7-11-19;/h18-21H,4-17H2,1-3H3,(H2,24,25,26);1H. The molecule has 2 saturated heterocycles. The van der Waals surface area contributed by atoms with Gasteiger partial charge in [0.05, 0.1) is 0 Å². The summed E-state index contributed by atoms with van der Waals surface area (Å²) in [7, 11) is 1.85. The SMILES string of the molecule is CN=C(NCC(C(C)C)N1CCCCCC1)NC1CCN(C(=O)C2CCCC2)C1.I. The first kappa shape index (κ1) is 25.7. The summed E-state index contributed by atoms with van der Waals surface area (Å²) in [5.74, 6) is 2.16. The van der Waals surface area contributed by atoms with Crippen LogP contribution in [0.4, 0.5) is 0 Å². The van der Waals surface area contributed by atoms with Gasteiger partial charge in [-0.05, 0) is 51.1 Å². The van der Waals surface area contributed by atoms with Crippen LogP contribution in [0.1, 0.15) is 71.6 Å². The maximum atomic E-state index is 12.7. The minimum atomic E-state index is 0. The molecule has 7 heteroatoms. The van der Waals surface area contributed by atoms with E-state index in [1.54, 1.807) is 0 Å². The number of aliphatic imine (C=N–C) groups is 1. The van der Waals surface area contributed by atoms with Crippen LogP contribution >= 0.6 is 24.0 Å². The third-order valence-corrected chi connectivity index (χ3v) is 7.13. The van der Waals surface area contributed by atoms with Crippen molar-refractivity contribution >= 4 is 35.8 Å². The van der Waals surface area contributed by atoms with Gasteiger partial charge in [0.2, 0.25) is 5.91 Å². The number of carbonyl (C=O) groups is 1. The van der Waals surface area contributed by atoms with Gasteiger partial charge >= 0.3 is 0 Å². The Morgan fingerprint density at radius 1 is 1.00 bits per heavy atom. The van der Waals surface area contributed by atoms with E-state index in [-0.39, 0.29) is 29.9 Å².